The number of ether oxygens (including phenoxy) is 1. The first-order valence-electron chi connectivity index (χ1n) is 9.11. The number of pyridine rings is 1. The number of benzene rings is 1. The predicted molar refractivity (Wildman–Crippen MR) is 104 cm³/mol. The van der Waals surface area contributed by atoms with E-state index in [4.69, 9.17) is 4.74 Å². The normalized spacial score (nSPS) is 11.7. The maximum atomic E-state index is 12.9. The molecule has 6 nitrogen and oxygen atoms in total. The molecular formula is C21H26N2O4. The predicted octanol–water partition coefficient (Wildman–Crippen LogP) is 3.08. The molecule has 1 aromatic carbocycles. The standard InChI is InChI=1S/C21H26N2O4/c1-5-6-10-27-21(26)17-12-18(19(24)22-4)20(25)23(13-17)15(3)16-9-7-8-14(2)11-16/h7-9,11-13,15H,5-6,10H2,1-4H3,(H,22,24)/t15-/m1/s1. The zero-order chi connectivity index (χ0) is 20.0. The van der Waals surface area contributed by atoms with Gasteiger partial charge in [-0.25, -0.2) is 4.79 Å². The molecular weight excluding hydrogens is 344 g/mol. The van der Waals surface area contributed by atoms with E-state index in [1.807, 2.05) is 45.0 Å². The minimum atomic E-state index is -0.543. The number of aromatic nitrogens is 1. The number of hydrogen-bond donors (Lipinski definition) is 1. The van der Waals surface area contributed by atoms with Crippen LogP contribution in [0.25, 0.3) is 0 Å². The first-order valence-corrected chi connectivity index (χ1v) is 9.11. The van der Waals surface area contributed by atoms with Crippen LogP contribution in [0.3, 0.4) is 0 Å². The summed E-state index contributed by atoms with van der Waals surface area (Å²) in [5.74, 6) is -1.08. The van der Waals surface area contributed by atoms with Crippen LogP contribution < -0.4 is 10.9 Å². The molecule has 0 saturated carbocycles. The lowest BCUT2D eigenvalue weighted by Gasteiger charge is -2.18. The summed E-state index contributed by atoms with van der Waals surface area (Å²) < 4.78 is 6.66. The van der Waals surface area contributed by atoms with Gasteiger partial charge in [0, 0.05) is 13.2 Å². The van der Waals surface area contributed by atoms with Crippen molar-refractivity contribution >= 4 is 11.9 Å². The number of amides is 1. The molecule has 0 aliphatic carbocycles. The molecule has 0 fully saturated rings. The van der Waals surface area contributed by atoms with Crippen LogP contribution in [0.15, 0.2) is 41.3 Å². The van der Waals surface area contributed by atoms with Crippen molar-refractivity contribution in [2.45, 2.75) is 39.7 Å². The average molecular weight is 370 g/mol. The molecule has 1 N–H and O–H groups in total. The van der Waals surface area contributed by atoms with Crippen LogP contribution in [0.4, 0.5) is 0 Å². The summed E-state index contributed by atoms with van der Waals surface area (Å²) in [6, 6.07) is 8.73. The lowest BCUT2D eigenvalue weighted by molar-refractivity contribution is 0.0498. The Kier molecular flexibility index (Phi) is 6.93. The van der Waals surface area contributed by atoms with Crippen molar-refractivity contribution in [1.29, 1.82) is 0 Å². The van der Waals surface area contributed by atoms with Gasteiger partial charge in [0.05, 0.1) is 18.2 Å². The van der Waals surface area contributed by atoms with E-state index in [0.717, 1.165) is 24.0 Å². The zero-order valence-corrected chi connectivity index (χ0v) is 16.2. The van der Waals surface area contributed by atoms with Gasteiger partial charge in [0.15, 0.2) is 0 Å². The number of hydrogen-bond acceptors (Lipinski definition) is 4. The first-order chi connectivity index (χ1) is 12.9. The lowest BCUT2D eigenvalue weighted by atomic mass is 10.0. The molecule has 0 aliphatic heterocycles. The Morgan fingerprint density at radius 2 is 2.00 bits per heavy atom. The summed E-state index contributed by atoms with van der Waals surface area (Å²) in [5, 5.41) is 2.45. The number of rotatable bonds is 7. The Morgan fingerprint density at radius 3 is 2.63 bits per heavy atom. The third-order valence-electron chi connectivity index (χ3n) is 4.42. The second-order valence-electron chi connectivity index (χ2n) is 6.51. The van der Waals surface area contributed by atoms with E-state index in [1.54, 1.807) is 0 Å². The summed E-state index contributed by atoms with van der Waals surface area (Å²) in [7, 11) is 1.45. The van der Waals surface area contributed by atoms with Gasteiger partial charge in [-0.05, 0) is 31.9 Å². The summed E-state index contributed by atoms with van der Waals surface area (Å²) >= 11 is 0. The Labute approximate surface area is 159 Å². The maximum Gasteiger partial charge on any atom is 0.339 e. The molecule has 0 spiro atoms. The Balaban J connectivity index is 2.51. The highest BCUT2D eigenvalue weighted by molar-refractivity contribution is 5.97. The Bertz CT molecular complexity index is 886. The fourth-order valence-electron chi connectivity index (χ4n) is 2.78. The van der Waals surface area contributed by atoms with E-state index < -0.39 is 17.4 Å². The molecule has 0 bridgehead atoms. The van der Waals surface area contributed by atoms with Gasteiger partial charge in [-0.3, -0.25) is 9.59 Å². The van der Waals surface area contributed by atoms with E-state index in [1.165, 1.54) is 23.9 Å². The van der Waals surface area contributed by atoms with E-state index in [9.17, 15) is 14.4 Å². The Hall–Kier alpha value is -2.89. The smallest absolute Gasteiger partial charge is 0.339 e. The molecule has 1 atom stereocenters. The molecule has 144 valence electrons. The van der Waals surface area contributed by atoms with Crippen molar-refractivity contribution in [1.82, 2.24) is 9.88 Å². The van der Waals surface area contributed by atoms with Gasteiger partial charge in [-0.2, -0.15) is 0 Å². The summed E-state index contributed by atoms with van der Waals surface area (Å²) in [5.41, 5.74) is 1.63. The minimum Gasteiger partial charge on any atom is -0.462 e. The molecule has 27 heavy (non-hydrogen) atoms. The van der Waals surface area contributed by atoms with Gasteiger partial charge in [0.1, 0.15) is 5.56 Å². The molecule has 1 amide bonds. The zero-order valence-electron chi connectivity index (χ0n) is 16.2. The molecule has 2 aromatic rings. The van der Waals surface area contributed by atoms with Gasteiger partial charge >= 0.3 is 5.97 Å². The molecule has 1 aromatic heterocycles. The number of nitrogens with one attached hydrogen (secondary N) is 1. The maximum absolute atomic E-state index is 12.9. The summed E-state index contributed by atoms with van der Waals surface area (Å²) in [6.07, 6.45) is 3.13. The highest BCUT2D eigenvalue weighted by Gasteiger charge is 2.20. The van der Waals surface area contributed by atoms with Crippen LogP contribution in [0.2, 0.25) is 0 Å². The number of esters is 1. The van der Waals surface area contributed by atoms with Crippen LogP contribution in [-0.2, 0) is 4.74 Å². The van der Waals surface area contributed by atoms with Crippen LogP contribution in [0.5, 0.6) is 0 Å². The fourth-order valence-corrected chi connectivity index (χ4v) is 2.78. The Morgan fingerprint density at radius 1 is 1.26 bits per heavy atom. The third-order valence-corrected chi connectivity index (χ3v) is 4.42. The van der Waals surface area contributed by atoms with Gasteiger partial charge in [0.2, 0.25) is 0 Å². The van der Waals surface area contributed by atoms with E-state index in [-0.39, 0.29) is 17.2 Å². The quantitative estimate of drug-likeness (QED) is 0.600. The second-order valence-corrected chi connectivity index (χ2v) is 6.51. The molecule has 0 unspecified atom stereocenters. The number of carbonyl (C=O) groups is 2. The highest BCUT2D eigenvalue weighted by atomic mass is 16.5. The van der Waals surface area contributed by atoms with Gasteiger partial charge in [-0.1, -0.05) is 43.2 Å². The molecule has 1 heterocycles. The van der Waals surface area contributed by atoms with E-state index in [2.05, 4.69) is 5.32 Å². The average Bonchev–Trinajstić information content (AvgIpc) is 2.67. The first kappa shape index (κ1) is 20.4. The topological polar surface area (TPSA) is 77.4 Å². The van der Waals surface area contributed by atoms with Crippen LogP contribution in [0.1, 0.15) is 64.6 Å². The third kappa shape index (κ3) is 4.84. The highest BCUT2D eigenvalue weighted by Crippen LogP contribution is 2.18. The van der Waals surface area contributed by atoms with Gasteiger partial charge < -0.3 is 14.6 Å². The van der Waals surface area contributed by atoms with E-state index in [0.29, 0.717) is 6.61 Å². The minimum absolute atomic E-state index is 0.0815. The number of aryl methyl sites for hydroxylation is 1. The summed E-state index contributed by atoms with van der Waals surface area (Å²) in [4.78, 5) is 37.4. The molecule has 2 rings (SSSR count). The molecule has 0 saturated heterocycles. The SMILES string of the molecule is CCCCOC(=O)c1cc(C(=O)NC)c(=O)n([C@H](C)c2cccc(C)c2)c1. The molecule has 0 aliphatic rings. The van der Waals surface area contributed by atoms with Crippen molar-refractivity contribution in [3.05, 3.63) is 69.1 Å². The fraction of sp³-hybridized carbons (Fsp3) is 0.381. The number of unbranched alkanes of at least 4 members (excludes halogenated alkanes) is 1. The van der Waals surface area contributed by atoms with Gasteiger partial charge in [-0.15, -0.1) is 0 Å². The van der Waals surface area contributed by atoms with Crippen LogP contribution >= 0.6 is 0 Å². The second kappa shape index (κ2) is 9.16. The largest absolute Gasteiger partial charge is 0.462 e. The number of carbonyl (C=O) groups excluding carboxylic acids is 2. The van der Waals surface area contributed by atoms with Gasteiger partial charge in [0.25, 0.3) is 11.5 Å². The van der Waals surface area contributed by atoms with Crippen molar-refractivity contribution in [3.63, 3.8) is 0 Å². The van der Waals surface area contributed by atoms with Crippen molar-refractivity contribution in [2.75, 3.05) is 13.7 Å². The van der Waals surface area contributed by atoms with Crippen molar-refractivity contribution in [3.8, 4) is 0 Å². The van der Waals surface area contributed by atoms with Crippen LogP contribution in [0, 0.1) is 6.92 Å². The monoisotopic (exact) mass is 370 g/mol. The van der Waals surface area contributed by atoms with Crippen molar-refractivity contribution < 1.29 is 14.3 Å². The molecule has 0 radical (unpaired) electrons. The summed E-state index contributed by atoms with van der Waals surface area (Å²) in [6.45, 7) is 6.13. The lowest BCUT2D eigenvalue weighted by Crippen LogP contribution is -2.34. The van der Waals surface area contributed by atoms with Crippen molar-refractivity contribution in [2.24, 2.45) is 0 Å². The molecule has 6 heteroatoms. The number of nitrogens with zero attached hydrogens (tertiary/aromatic N) is 1. The van der Waals surface area contributed by atoms with E-state index >= 15 is 0 Å². The van der Waals surface area contributed by atoms with Crippen LogP contribution in [-0.4, -0.2) is 30.1 Å².